The minimum absolute atomic E-state index is 0.166. The largest absolute Gasteiger partial charge is 0.336 e. The molecule has 0 bridgehead atoms. The first kappa shape index (κ1) is 21.4. The van der Waals surface area contributed by atoms with E-state index in [0.717, 1.165) is 16.1 Å². The van der Waals surface area contributed by atoms with Crippen molar-refractivity contribution < 1.29 is 9.18 Å². The van der Waals surface area contributed by atoms with Gasteiger partial charge in [0, 0.05) is 49.9 Å². The highest BCUT2D eigenvalue weighted by atomic mass is 32.1. The Morgan fingerprint density at radius 3 is 2.61 bits per heavy atom. The van der Waals surface area contributed by atoms with Gasteiger partial charge in [0.05, 0.1) is 5.69 Å². The number of halogens is 1. The van der Waals surface area contributed by atoms with E-state index in [-0.39, 0.29) is 11.5 Å². The van der Waals surface area contributed by atoms with Gasteiger partial charge in [0.15, 0.2) is 0 Å². The van der Waals surface area contributed by atoms with Gasteiger partial charge in [0.25, 0.3) is 11.5 Å². The van der Waals surface area contributed by atoms with E-state index in [0.29, 0.717) is 48.9 Å². The Bertz CT molecular complexity index is 1390. The van der Waals surface area contributed by atoms with Crippen LogP contribution in [0.4, 0.5) is 4.39 Å². The standard InChI is InChI=1S/C24H22FN5O2S/c1-16-4-2-5-17(12-16)22-27-30-21(31)14-20(26-24(30)33-22)15-28-8-10-29(11-9-28)23(32)18-6-3-7-19(25)13-18/h2-7,12-14H,8-11,15H2,1H3. The van der Waals surface area contributed by atoms with Crippen LogP contribution in [-0.4, -0.2) is 56.5 Å². The molecule has 0 unspecified atom stereocenters. The summed E-state index contributed by atoms with van der Waals surface area (Å²) in [6.07, 6.45) is 0. The fourth-order valence-electron chi connectivity index (χ4n) is 3.97. The van der Waals surface area contributed by atoms with E-state index < -0.39 is 5.82 Å². The molecule has 1 aliphatic heterocycles. The zero-order valence-electron chi connectivity index (χ0n) is 18.1. The van der Waals surface area contributed by atoms with Crippen molar-refractivity contribution in [2.24, 2.45) is 0 Å². The minimum atomic E-state index is -0.416. The van der Waals surface area contributed by atoms with Crippen molar-refractivity contribution in [3.05, 3.63) is 87.6 Å². The monoisotopic (exact) mass is 463 g/mol. The fourth-order valence-corrected chi connectivity index (χ4v) is 4.89. The lowest BCUT2D eigenvalue weighted by molar-refractivity contribution is 0.0626. The molecule has 0 radical (unpaired) electrons. The zero-order valence-corrected chi connectivity index (χ0v) is 18.9. The molecule has 7 nitrogen and oxygen atoms in total. The summed E-state index contributed by atoms with van der Waals surface area (Å²) in [5.74, 6) is -0.582. The highest BCUT2D eigenvalue weighted by Crippen LogP contribution is 2.25. The number of hydrogen-bond donors (Lipinski definition) is 0. The molecule has 0 aliphatic carbocycles. The van der Waals surface area contributed by atoms with Crippen LogP contribution in [0, 0.1) is 12.7 Å². The quantitative estimate of drug-likeness (QED) is 0.465. The molecule has 1 aliphatic rings. The van der Waals surface area contributed by atoms with Crippen molar-refractivity contribution in [2.75, 3.05) is 26.2 Å². The summed E-state index contributed by atoms with van der Waals surface area (Å²) < 4.78 is 14.8. The summed E-state index contributed by atoms with van der Waals surface area (Å²) in [5.41, 5.74) is 2.93. The molecule has 0 saturated carbocycles. The Labute approximate surface area is 193 Å². The van der Waals surface area contributed by atoms with E-state index in [1.165, 1.54) is 34.1 Å². The molecule has 1 fully saturated rings. The van der Waals surface area contributed by atoms with Crippen LogP contribution in [0.25, 0.3) is 15.5 Å². The lowest BCUT2D eigenvalue weighted by Gasteiger charge is -2.34. The summed E-state index contributed by atoms with van der Waals surface area (Å²) in [6, 6.07) is 15.3. The van der Waals surface area contributed by atoms with Crippen molar-refractivity contribution in [1.82, 2.24) is 24.4 Å². The van der Waals surface area contributed by atoms with E-state index in [1.807, 2.05) is 31.2 Å². The molecular weight excluding hydrogens is 441 g/mol. The van der Waals surface area contributed by atoms with Gasteiger partial charge in [-0.25, -0.2) is 9.37 Å². The number of amides is 1. The normalized spacial score (nSPS) is 14.7. The number of carbonyl (C=O) groups is 1. The van der Waals surface area contributed by atoms with Gasteiger partial charge in [-0.05, 0) is 31.2 Å². The van der Waals surface area contributed by atoms with Crippen molar-refractivity contribution in [2.45, 2.75) is 13.5 Å². The van der Waals surface area contributed by atoms with Crippen LogP contribution in [0.5, 0.6) is 0 Å². The predicted molar refractivity (Wildman–Crippen MR) is 125 cm³/mol. The van der Waals surface area contributed by atoms with Crippen molar-refractivity contribution in [3.8, 4) is 10.6 Å². The van der Waals surface area contributed by atoms with Gasteiger partial charge in [0.2, 0.25) is 4.96 Å². The van der Waals surface area contributed by atoms with E-state index in [1.54, 1.807) is 17.0 Å². The second kappa shape index (κ2) is 8.84. The van der Waals surface area contributed by atoms with Crippen molar-refractivity contribution in [3.63, 3.8) is 0 Å². The van der Waals surface area contributed by atoms with Crippen LogP contribution in [0.15, 0.2) is 59.4 Å². The van der Waals surface area contributed by atoms with Crippen LogP contribution in [0.3, 0.4) is 0 Å². The SMILES string of the molecule is Cc1cccc(-c2nn3c(=O)cc(CN4CCN(C(=O)c5cccc(F)c5)CC4)nc3s2)c1. The van der Waals surface area contributed by atoms with E-state index in [2.05, 4.69) is 15.0 Å². The smallest absolute Gasteiger partial charge is 0.275 e. The Morgan fingerprint density at radius 1 is 1.06 bits per heavy atom. The van der Waals surface area contributed by atoms with Crippen LogP contribution >= 0.6 is 11.3 Å². The highest BCUT2D eigenvalue weighted by molar-refractivity contribution is 7.19. The van der Waals surface area contributed by atoms with E-state index in [4.69, 9.17) is 0 Å². The number of nitrogens with zero attached hydrogens (tertiary/aromatic N) is 5. The molecule has 2 aromatic heterocycles. The second-order valence-corrected chi connectivity index (χ2v) is 9.09. The lowest BCUT2D eigenvalue weighted by Crippen LogP contribution is -2.48. The minimum Gasteiger partial charge on any atom is -0.336 e. The van der Waals surface area contributed by atoms with Crippen molar-refractivity contribution in [1.29, 1.82) is 0 Å². The van der Waals surface area contributed by atoms with Gasteiger partial charge >= 0.3 is 0 Å². The molecule has 1 amide bonds. The van der Waals surface area contributed by atoms with Gasteiger partial charge in [0.1, 0.15) is 10.8 Å². The number of piperazine rings is 1. The molecule has 0 spiro atoms. The molecule has 2 aromatic carbocycles. The third-order valence-electron chi connectivity index (χ3n) is 5.68. The molecule has 5 rings (SSSR count). The van der Waals surface area contributed by atoms with E-state index >= 15 is 0 Å². The molecule has 3 heterocycles. The maximum absolute atomic E-state index is 13.4. The maximum Gasteiger partial charge on any atom is 0.275 e. The number of aromatic nitrogens is 3. The first-order valence-corrected chi connectivity index (χ1v) is 11.5. The number of aryl methyl sites for hydroxylation is 1. The van der Waals surface area contributed by atoms with Crippen LogP contribution in [-0.2, 0) is 6.54 Å². The first-order valence-electron chi connectivity index (χ1n) is 10.7. The maximum atomic E-state index is 13.4. The number of fused-ring (bicyclic) bond motifs is 1. The third-order valence-corrected chi connectivity index (χ3v) is 6.64. The Morgan fingerprint density at radius 2 is 1.85 bits per heavy atom. The average Bonchev–Trinajstić information content (AvgIpc) is 3.24. The Balaban J connectivity index is 1.28. The predicted octanol–water partition coefficient (Wildman–Crippen LogP) is 3.22. The molecule has 33 heavy (non-hydrogen) atoms. The molecule has 9 heteroatoms. The molecule has 4 aromatic rings. The summed E-state index contributed by atoms with van der Waals surface area (Å²) in [7, 11) is 0. The molecular formula is C24H22FN5O2S. The van der Waals surface area contributed by atoms with Gasteiger partial charge in [-0.1, -0.05) is 41.2 Å². The highest BCUT2D eigenvalue weighted by Gasteiger charge is 2.23. The Kier molecular flexibility index (Phi) is 5.74. The number of carbonyl (C=O) groups excluding carboxylic acids is 1. The summed E-state index contributed by atoms with van der Waals surface area (Å²) >= 11 is 1.39. The first-order chi connectivity index (χ1) is 16.0. The van der Waals surface area contributed by atoms with Gasteiger partial charge in [-0.2, -0.15) is 9.61 Å². The molecule has 1 saturated heterocycles. The van der Waals surface area contributed by atoms with Crippen molar-refractivity contribution >= 4 is 22.2 Å². The lowest BCUT2D eigenvalue weighted by atomic mass is 10.1. The summed E-state index contributed by atoms with van der Waals surface area (Å²) in [6.45, 7) is 4.91. The molecule has 168 valence electrons. The molecule has 0 atom stereocenters. The number of benzene rings is 2. The average molecular weight is 464 g/mol. The van der Waals surface area contributed by atoms with E-state index in [9.17, 15) is 14.0 Å². The summed E-state index contributed by atoms with van der Waals surface area (Å²) in [4.78, 5) is 34.4. The number of hydrogen-bond acceptors (Lipinski definition) is 6. The molecule has 0 N–H and O–H groups in total. The second-order valence-electron chi connectivity index (χ2n) is 8.14. The number of rotatable bonds is 4. The Hall–Kier alpha value is -3.43. The topological polar surface area (TPSA) is 70.8 Å². The van der Waals surface area contributed by atoms with Crippen LogP contribution < -0.4 is 5.56 Å². The van der Waals surface area contributed by atoms with Crippen LogP contribution in [0.2, 0.25) is 0 Å². The van der Waals surface area contributed by atoms with Crippen LogP contribution in [0.1, 0.15) is 21.6 Å². The van der Waals surface area contributed by atoms with Gasteiger partial charge in [-0.3, -0.25) is 14.5 Å². The van der Waals surface area contributed by atoms with Gasteiger partial charge in [-0.15, -0.1) is 0 Å². The zero-order chi connectivity index (χ0) is 22.9. The fraction of sp³-hybridized carbons (Fsp3) is 0.250. The van der Waals surface area contributed by atoms with Gasteiger partial charge < -0.3 is 4.90 Å². The third kappa shape index (κ3) is 4.55. The summed E-state index contributed by atoms with van der Waals surface area (Å²) in [5, 5.41) is 5.21.